The van der Waals surface area contributed by atoms with Gasteiger partial charge in [-0.05, 0) is 29.9 Å². The minimum atomic E-state index is -0.502. The molecule has 1 aromatic rings. The molecule has 0 aromatic heterocycles. The van der Waals surface area contributed by atoms with Crippen LogP contribution in [0.1, 0.15) is 55.3 Å². The molecular formula is C14H21NO. The molecule has 0 spiro atoms. The molecule has 1 aromatic carbocycles. The second-order valence-electron chi connectivity index (χ2n) is 4.72. The SMILES string of the molecule is NCC(O)c1ccccc1C1CCCCC1. The molecule has 1 atom stereocenters. The van der Waals surface area contributed by atoms with Crippen LogP contribution in [0.2, 0.25) is 0 Å². The second-order valence-corrected chi connectivity index (χ2v) is 4.72. The van der Waals surface area contributed by atoms with Crippen LogP contribution in [0.25, 0.3) is 0 Å². The number of rotatable bonds is 3. The van der Waals surface area contributed by atoms with E-state index in [-0.39, 0.29) is 0 Å². The van der Waals surface area contributed by atoms with Crippen molar-refractivity contribution >= 4 is 0 Å². The van der Waals surface area contributed by atoms with Gasteiger partial charge in [-0.15, -0.1) is 0 Å². The van der Waals surface area contributed by atoms with E-state index in [0.29, 0.717) is 12.5 Å². The zero-order valence-electron chi connectivity index (χ0n) is 9.73. The summed E-state index contributed by atoms with van der Waals surface area (Å²) in [7, 11) is 0. The van der Waals surface area contributed by atoms with Crippen molar-refractivity contribution in [2.45, 2.75) is 44.1 Å². The van der Waals surface area contributed by atoms with Gasteiger partial charge in [-0.1, -0.05) is 43.5 Å². The smallest absolute Gasteiger partial charge is 0.0914 e. The van der Waals surface area contributed by atoms with Crippen LogP contribution in [-0.4, -0.2) is 11.7 Å². The van der Waals surface area contributed by atoms with E-state index in [9.17, 15) is 5.11 Å². The Kier molecular flexibility index (Phi) is 3.97. The first kappa shape index (κ1) is 11.6. The molecule has 88 valence electrons. The lowest BCUT2D eigenvalue weighted by molar-refractivity contribution is 0.184. The minimum absolute atomic E-state index is 0.309. The van der Waals surface area contributed by atoms with E-state index in [1.54, 1.807) is 0 Å². The predicted octanol–water partition coefficient (Wildman–Crippen LogP) is 2.73. The highest BCUT2D eigenvalue weighted by Crippen LogP contribution is 2.35. The van der Waals surface area contributed by atoms with Gasteiger partial charge in [0.25, 0.3) is 0 Å². The Balaban J connectivity index is 2.24. The monoisotopic (exact) mass is 219 g/mol. The van der Waals surface area contributed by atoms with Crippen LogP contribution in [0.4, 0.5) is 0 Å². The van der Waals surface area contributed by atoms with Crippen LogP contribution in [0, 0.1) is 0 Å². The van der Waals surface area contributed by atoms with Gasteiger partial charge in [0.05, 0.1) is 6.10 Å². The summed E-state index contributed by atoms with van der Waals surface area (Å²) < 4.78 is 0. The number of hydrogen-bond donors (Lipinski definition) is 2. The van der Waals surface area contributed by atoms with Gasteiger partial charge in [0.1, 0.15) is 0 Å². The molecule has 0 amide bonds. The summed E-state index contributed by atoms with van der Waals surface area (Å²) in [6, 6.07) is 8.23. The average Bonchev–Trinajstić information content (AvgIpc) is 2.39. The molecule has 0 heterocycles. The first-order valence-corrected chi connectivity index (χ1v) is 6.30. The maximum Gasteiger partial charge on any atom is 0.0914 e. The molecule has 16 heavy (non-hydrogen) atoms. The predicted molar refractivity (Wildman–Crippen MR) is 66.3 cm³/mol. The maximum atomic E-state index is 9.92. The summed E-state index contributed by atoms with van der Waals surface area (Å²) >= 11 is 0. The van der Waals surface area contributed by atoms with E-state index in [1.165, 1.54) is 37.7 Å². The minimum Gasteiger partial charge on any atom is -0.387 e. The summed E-state index contributed by atoms with van der Waals surface area (Å²) in [4.78, 5) is 0. The van der Waals surface area contributed by atoms with Gasteiger partial charge in [0.2, 0.25) is 0 Å². The first-order chi connectivity index (χ1) is 7.83. The van der Waals surface area contributed by atoms with Crippen molar-refractivity contribution in [3.8, 4) is 0 Å². The molecule has 3 N–H and O–H groups in total. The van der Waals surface area contributed by atoms with Crippen molar-refractivity contribution in [3.63, 3.8) is 0 Å². The Morgan fingerprint density at radius 2 is 1.88 bits per heavy atom. The molecule has 0 radical (unpaired) electrons. The van der Waals surface area contributed by atoms with Crippen molar-refractivity contribution in [2.24, 2.45) is 5.73 Å². The van der Waals surface area contributed by atoms with E-state index < -0.39 is 6.10 Å². The van der Waals surface area contributed by atoms with Crippen LogP contribution in [0.5, 0.6) is 0 Å². The molecule has 1 saturated carbocycles. The Morgan fingerprint density at radius 3 is 2.56 bits per heavy atom. The van der Waals surface area contributed by atoms with Gasteiger partial charge >= 0.3 is 0 Å². The van der Waals surface area contributed by atoms with E-state index in [2.05, 4.69) is 12.1 Å². The van der Waals surface area contributed by atoms with Gasteiger partial charge < -0.3 is 10.8 Å². The Morgan fingerprint density at radius 1 is 1.19 bits per heavy atom. The zero-order valence-corrected chi connectivity index (χ0v) is 9.73. The van der Waals surface area contributed by atoms with Gasteiger partial charge in [-0.3, -0.25) is 0 Å². The van der Waals surface area contributed by atoms with Crippen molar-refractivity contribution in [1.29, 1.82) is 0 Å². The molecule has 1 fully saturated rings. The van der Waals surface area contributed by atoms with Crippen LogP contribution in [-0.2, 0) is 0 Å². The van der Waals surface area contributed by atoms with Crippen LogP contribution in [0.3, 0.4) is 0 Å². The average molecular weight is 219 g/mol. The molecular weight excluding hydrogens is 198 g/mol. The molecule has 1 aliphatic rings. The Labute approximate surface area is 97.5 Å². The summed E-state index contributed by atoms with van der Waals surface area (Å²) in [6.45, 7) is 0.309. The van der Waals surface area contributed by atoms with Gasteiger partial charge in [-0.2, -0.15) is 0 Å². The molecule has 0 aliphatic heterocycles. The lowest BCUT2D eigenvalue weighted by atomic mass is 9.81. The van der Waals surface area contributed by atoms with Crippen LogP contribution < -0.4 is 5.73 Å². The van der Waals surface area contributed by atoms with E-state index >= 15 is 0 Å². The fraction of sp³-hybridized carbons (Fsp3) is 0.571. The zero-order chi connectivity index (χ0) is 11.4. The highest BCUT2D eigenvalue weighted by molar-refractivity contribution is 5.32. The molecule has 2 heteroatoms. The lowest BCUT2D eigenvalue weighted by Gasteiger charge is -2.25. The maximum absolute atomic E-state index is 9.92. The number of benzene rings is 1. The summed E-state index contributed by atoms with van der Waals surface area (Å²) in [5.41, 5.74) is 7.91. The third kappa shape index (κ3) is 2.45. The van der Waals surface area contributed by atoms with Crippen molar-refractivity contribution < 1.29 is 5.11 Å². The van der Waals surface area contributed by atoms with Crippen molar-refractivity contribution in [2.75, 3.05) is 6.54 Å². The highest BCUT2D eigenvalue weighted by atomic mass is 16.3. The number of aliphatic hydroxyl groups excluding tert-OH is 1. The molecule has 1 aliphatic carbocycles. The third-order valence-electron chi connectivity index (χ3n) is 3.62. The van der Waals surface area contributed by atoms with Gasteiger partial charge in [0.15, 0.2) is 0 Å². The second kappa shape index (κ2) is 5.46. The molecule has 2 nitrogen and oxygen atoms in total. The largest absolute Gasteiger partial charge is 0.387 e. The van der Waals surface area contributed by atoms with E-state index in [1.807, 2.05) is 12.1 Å². The fourth-order valence-electron chi connectivity index (χ4n) is 2.73. The Bertz CT molecular complexity index is 331. The highest BCUT2D eigenvalue weighted by Gasteiger charge is 2.20. The molecule has 0 saturated heterocycles. The quantitative estimate of drug-likeness (QED) is 0.821. The van der Waals surface area contributed by atoms with E-state index in [4.69, 9.17) is 5.73 Å². The number of hydrogen-bond acceptors (Lipinski definition) is 2. The fourth-order valence-corrected chi connectivity index (χ4v) is 2.73. The molecule has 1 unspecified atom stereocenters. The third-order valence-corrected chi connectivity index (χ3v) is 3.62. The summed E-state index contributed by atoms with van der Waals surface area (Å²) in [5.74, 6) is 0.631. The number of nitrogens with two attached hydrogens (primary N) is 1. The van der Waals surface area contributed by atoms with Crippen LogP contribution in [0.15, 0.2) is 24.3 Å². The lowest BCUT2D eigenvalue weighted by Crippen LogP contribution is -2.15. The normalized spacial score (nSPS) is 19.6. The summed E-state index contributed by atoms with van der Waals surface area (Å²) in [5, 5.41) is 9.92. The molecule has 0 bridgehead atoms. The van der Waals surface area contributed by atoms with Gasteiger partial charge in [-0.25, -0.2) is 0 Å². The first-order valence-electron chi connectivity index (χ1n) is 6.30. The number of aliphatic hydroxyl groups is 1. The topological polar surface area (TPSA) is 46.2 Å². The molecule has 2 rings (SSSR count). The van der Waals surface area contributed by atoms with Gasteiger partial charge in [0, 0.05) is 6.54 Å². The van der Waals surface area contributed by atoms with Crippen molar-refractivity contribution in [1.82, 2.24) is 0 Å². The Hall–Kier alpha value is -0.860. The summed E-state index contributed by atoms with van der Waals surface area (Å²) in [6.07, 6.45) is 6.01. The van der Waals surface area contributed by atoms with Crippen molar-refractivity contribution in [3.05, 3.63) is 35.4 Å². The standard InChI is InChI=1S/C14H21NO/c15-10-14(16)13-9-5-4-8-12(13)11-6-2-1-3-7-11/h4-5,8-9,11,14,16H,1-3,6-7,10,15H2. The van der Waals surface area contributed by atoms with Crippen LogP contribution >= 0.6 is 0 Å². The van der Waals surface area contributed by atoms with E-state index in [0.717, 1.165) is 5.56 Å².